The van der Waals surface area contributed by atoms with Crippen molar-refractivity contribution >= 4 is 38.4 Å². The van der Waals surface area contributed by atoms with Gasteiger partial charge in [-0.3, -0.25) is 14.9 Å². The van der Waals surface area contributed by atoms with Gasteiger partial charge in [0.05, 0.1) is 5.69 Å². The quantitative estimate of drug-likeness (QED) is 0.458. The summed E-state index contributed by atoms with van der Waals surface area (Å²) in [7, 11) is -4.37. The molecular formula is C21H20FN3O5S2. The maximum atomic E-state index is 14.0. The topological polar surface area (TPSA) is 114 Å². The van der Waals surface area contributed by atoms with Crippen LogP contribution in [0.2, 0.25) is 0 Å². The Bertz CT molecular complexity index is 1200. The van der Waals surface area contributed by atoms with Gasteiger partial charge in [-0.25, -0.2) is 17.8 Å². The summed E-state index contributed by atoms with van der Waals surface area (Å²) in [6, 6.07) is 12.1. The summed E-state index contributed by atoms with van der Waals surface area (Å²) in [4.78, 5) is 28.2. The number of esters is 1. The number of amides is 1. The van der Waals surface area contributed by atoms with Crippen molar-refractivity contribution in [3.8, 4) is 0 Å². The molecule has 168 valence electrons. The Morgan fingerprint density at radius 2 is 1.81 bits per heavy atom. The van der Waals surface area contributed by atoms with Crippen molar-refractivity contribution in [2.24, 2.45) is 0 Å². The number of thiazole rings is 1. The van der Waals surface area contributed by atoms with E-state index in [1.807, 2.05) is 0 Å². The van der Waals surface area contributed by atoms with E-state index in [1.54, 1.807) is 42.6 Å². The SMILES string of the molecule is Cc1csc(NC(=O)COC(=O)[C@H](Cc2ccccc2)NS(=O)(=O)c2ccccc2F)n1. The van der Waals surface area contributed by atoms with Gasteiger partial charge in [0.2, 0.25) is 10.0 Å². The first-order valence-corrected chi connectivity index (χ1v) is 11.8. The van der Waals surface area contributed by atoms with Crippen molar-refractivity contribution in [2.45, 2.75) is 24.3 Å². The van der Waals surface area contributed by atoms with E-state index in [1.165, 1.54) is 23.5 Å². The molecule has 0 spiro atoms. The predicted octanol–water partition coefficient (Wildman–Crippen LogP) is 2.66. The van der Waals surface area contributed by atoms with E-state index in [0.717, 1.165) is 17.8 Å². The summed E-state index contributed by atoms with van der Waals surface area (Å²) in [5.41, 5.74) is 1.38. The highest BCUT2D eigenvalue weighted by molar-refractivity contribution is 7.89. The Morgan fingerprint density at radius 3 is 2.47 bits per heavy atom. The molecule has 0 aliphatic heterocycles. The molecule has 0 radical (unpaired) electrons. The first-order valence-electron chi connectivity index (χ1n) is 9.44. The van der Waals surface area contributed by atoms with Crippen LogP contribution in [0.3, 0.4) is 0 Å². The van der Waals surface area contributed by atoms with Crippen molar-refractivity contribution < 1.29 is 27.1 Å². The third-order valence-electron chi connectivity index (χ3n) is 4.20. The molecule has 1 amide bonds. The molecule has 3 aromatic rings. The van der Waals surface area contributed by atoms with E-state index in [0.29, 0.717) is 10.7 Å². The average molecular weight is 478 g/mol. The van der Waals surface area contributed by atoms with Crippen LogP contribution in [0.15, 0.2) is 64.9 Å². The van der Waals surface area contributed by atoms with Crippen LogP contribution in [0.25, 0.3) is 0 Å². The molecule has 32 heavy (non-hydrogen) atoms. The molecule has 3 rings (SSSR count). The van der Waals surface area contributed by atoms with E-state index in [-0.39, 0.29) is 6.42 Å². The zero-order valence-corrected chi connectivity index (χ0v) is 18.6. The lowest BCUT2D eigenvalue weighted by Crippen LogP contribution is -2.44. The summed E-state index contributed by atoms with van der Waals surface area (Å²) >= 11 is 1.22. The highest BCUT2D eigenvalue weighted by Crippen LogP contribution is 2.16. The number of nitrogens with one attached hydrogen (secondary N) is 2. The van der Waals surface area contributed by atoms with Crippen LogP contribution in [0.4, 0.5) is 9.52 Å². The zero-order chi connectivity index (χ0) is 23.1. The molecule has 0 saturated carbocycles. The molecule has 1 atom stereocenters. The lowest BCUT2D eigenvalue weighted by Gasteiger charge is -2.18. The van der Waals surface area contributed by atoms with Gasteiger partial charge in [-0.2, -0.15) is 4.72 Å². The van der Waals surface area contributed by atoms with Gasteiger partial charge >= 0.3 is 5.97 Å². The van der Waals surface area contributed by atoms with Crippen LogP contribution in [0.1, 0.15) is 11.3 Å². The van der Waals surface area contributed by atoms with Crippen LogP contribution in [-0.4, -0.2) is 37.9 Å². The first kappa shape index (κ1) is 23.5. The molecule has 1 aromatic heterocycles. The lowest BCUT2D eigenvalue weighted by molar-refractivity contribution is -0.149. The van der Waals surface area contributed by atoms with Gasteiger partial charge in [0.25, 0.3) is 5.91 Å². The minimum Gasteiger partial charge on any atom is -0.454 e. The number of nitrogens with zero attached hydrogens (tertiary/aromatic N) is 1. The van der Waals surface area contributed by atoms with Gasteiger partial charge in [-0.05, 0) is 31.0 Å². The minimum absolute atomic E-state index is 0.0549. The maximum Gasteiger partial charge on any atom is 0.325 e. The second-order valence-electron chi connectivity index (χ2n) is 6.74. The minimum atomic E-state index is -4.37. The Labute approximate surface area is 188 Å². The van der Waals surface area contributed by atoms with Crippen molar-refractivity contribution in [3.63, 3.8) is 0 Å². The van der Waals surface area contributed by atoms with Crippen molar-refractivity contribution in [1.82, 2.24) is 9.71 Å². The number of hydrogen-bond acceptors (Lipinski definition) is 7. The van der Waals surface area contributed by atoms with Gasteiger partial charge in [0, 0.05) is 5.38 Å². The molecule has 0 aliphatic rings. The van der Waals surface area contributed by atoms with Crippen LogP contribution in [-0.2, 0) is 30.8 Å². The highest BCUT2D eigenvalue weighted by Gasteiger charge is 2.29. The number of aryl methyl sites for hydroxylation is 1. The number of carbonyl (C=O) groups is 2. The molecule has 0 aliphatic carbocycles. The van der Waals surface area contributed by atoms with E-state index in [4.69, 9.17) is 4.74 Å². The molecule has 2 N–H and O–H groups in total. The van der Waals surface area contributed by atoms with Gasteiger partial charge < -0.3 is 4.74 Å². The zero-order valence-electron chi connectivity index (χ0n) is 16.9. The Balaban J connectivity index is 1.72. The predicted molar refractivity (Wildman–Crippen MR) is 117 cm³/mol. The van der Waals surface area contributed by atoms with Gasteiger partial charge in [0.15, 0.2) is 11.7 Å². The molecule has 11 heteroatoms. The third-order valence-corrected chi connectivity index (χ3v) is 6.58. The summed E-state index contributed by atoms with van der Waals surface area (Å²) in [6.45, 7) is 1.13. The van der Waals surface area contributed by atoms with Gasteiger partial charge in [0.1, 0.15) is 16.8 Å². The summed E-state index contributed by atoms with van der Waals surface area (Å²) in [6.07, 6.45) is -0.0549. The fourth-order valence-electron chi connectivity index (χ4n) is 2.74. The van der Waals surface area contributed by atoms with Crippen molar-refractivity contribution in [1.29, 1.82) is 0 Å². The number of ether oxygens (including phenoxy) is 1. The second kappa shape index (κ2) is 10.4. The smallest absolute Gasteiger partial charge is 0.325 e. The Kier molecular flexibility index (Phi) is 7.67. The largest absolute Gasteiger partial charge is 0.454 e. The molecule has 0 saturated heterocycles. The number of hydrogen-bond donors (Lipinski definition) is 2. The normalized spacial score (nSPS) is 12.2. The summed E-state index contributed by atoms with van der Waals surface area (Å²) < 4.78 is 46.6. The third kappa shape index (κ3) is 6.42. The van der Waals surface area contributed by atoms with Crippen LogP contribution >= 0.6 is 11.3 Å². The van der Waals surface area contributed by atoms with Crippen LogP contribution in [0.5, 0.6) is 0 Å². The summed E-state index contributed by atoms with van der Waals surface area (Å²) in [5, 5.41) is 4.59. The number of halogens is 1. The van der Waals surface area contributed by atoms with Crippen molar-refractivity contribution in [2.75, 3.05) is 11.9 Å². The molecular weight excluding hydrogens is 457 g/mol. The standard InChI is InChI=1S/C21H20FN3O5S2/c1-14-13-31-21(23-14)24-19(26)12-30-20(27)17(11-15-7-3-2-4-8-15)25-32(28,29)18-10-6-5-9-16(18)22/h2-10,13,17,25H,11-12H2,1H3,(H,23,24,26)/t17-/m0/s1. The molecule has 1 heterocycles. The number of sulfonamides is 1. The van der Waals surface area contributed by atoms with Gasteiger partial charge in [-0.1, -0.05) is 42.5 Å². The van der Waals surface area contributed by atoms with Crippen LogP contribution < -0.4 is 10.0 Å². The van der Waals surface area contributed by atoms with Gasteiger partial charge in [-0.15, -0.1) is 11.3 Å². The summed E-state index contributed by atoms with van der Waals surface area (Å²) in [5.74, 6) is -2.55. The Hall–Kier alpha value is -3.15. The monoisotopic (exact) mass is 477 g/mol. The number of rotatable bonds is 9. The highest BCUT2D eigenvalue weighted by atomic mass is 32.2. The molecule has 0 bridgehead atoms. The number of anilines is 1. The molecule has 2 aromatic carbocycles. The Morgan fingerprint density at radius 1 is 1.12 bits per heavy atom. The number of benzene rings is 2. The van der Waals surface area contributed by atoms with E-state index in [9.17, 15) is 22.4 Å². The van der Waals surface area contributed by atoms with Crippen molar-refractivity contribution in [3.05, 3.63) is 77.1 Å². The maximum absolute atomic E-state index is 14.0. The van der Waals surface area contributed by atoms with E-state index >= 15 is 0 Å². The second-order valence-corrected chi connectivity index (χ2v) is 9.28. The van der Waals surface area contributed by atoms with Crippen LogP contribution in [0, 0.1) is 12.7 Å². The number of aromatic nitrogens is 1. The molecule has 0 unspecified atom stereocenters. The average Bonchev–Trinajstić information content (AvgIpc) is 3.16. The van der Waals surface area contributed by atoms with E-state index < -0.39 is 45.3 Å². The lowest BCUT2D eigenvalue weighted by atomic mass is 10.1. The molecule has 8 nitrogen and oxygen atoms in total. The number of carbonyl (C=O) groups excluding carboxylic acids is 2. The fourth-order valence-corrected chi connectivity index (χ4v) is 4.71. The fraction of sp³-hybridized carbons (Fsp3) is 0.190. The first-order chi connectivity index (χ1) is 15.2. The molecule has 0 fully saturated rings. The van der Waals surface area contributed by atoms with E-state index in [2.05, 4.69) is 15.0 Å².